The maximum absolute atomic E-state index is 11.7. The minimum atomic E-state index is -0.564. The van der Waals surface area contributed by atoms with Gasteiger partial charge in [-0.05, 0) is 30.5 Å². The van der Waals surface area contributed by atoms with Crippen LogP contribution in [0.1, 0.15) is 25.8 Å². The number of nitrogens with zero attached hydrogens (tertiary/aromatic N) is 1. The van der Waals surface area contributed by atoms with E-state index < -0.39 is 6.04 Å². The van der Waals surface area contributed by atoms with Gasteiger partial charge in [0.2, 0.25) is 0 Å². The van der Waals surface area contributed by atoms with Crippen LogP contribution in [0.25, 0.3) is 0 Å². The molecule has 1 rings (SSSR count). The highest BCUT2D eigenvalue weighted by Gasteiger charge is 2.18. The second-order valence-corrected chi connectivity index (χ2v) is 4.87. The number of carbonyl (C=O) groups excluding carboxylic acids is 1. The molecular weight excluding hydrogens is 258 g/mol. The van der Waals surface area contributed by atoms with Crippen LogP contribution in [0.2, 0.25) is 0 Å². The number of methoxy groups -OCH3 is 2. The van der Waals surface area contributed by atoms with Gasteiger partial charge < -0.3 is 14.6 Å². The van der Waals surface area contributed by atoms with E-state index in [9.17, 15) is 9.90 Å². The Hall–Kier alpha value is -2.04. The van der Waals surface area contributed by atoms with Gasteiger partial charge in [-0.25, -0.2) is 4.79 Å². The van der Waals surface area contributed by atoms with Crippen molar-refractivity contribution < 1.29 is 19.4 Å². The topological polar surface area (TPSA) is 68.1 Å². The van der Waals surface area contributed by atoms with Crippen molar-refractivity contribution in [1.29, 1.82) is 0 Å². The third kappa shape index (κ3) is 4.57. The highest BCUT2D eigenvalue weighted by Crippen LogP contribution is 2.21. The fourth-order valence-corrected chi connectivity index (χ4v) is 1.73. The molecule has 0 radical (unpaired) electrons. The van der Waals surface area contributed by atoms with Crippen LogP contribution in [0.3, 0.4) is 0 Å². The summed E-state index contributed by atoms with van der Waals surface area (Å²) in [6.45, 7) is 4.02. The van der Waals surface area contributed by atoms with Gasteiger partial charge in [0, 0.05) is 11.8 Å². The van der Waals surface area contributed by atoms with Crippen LogP contribution >= 0.6 is 0 Å². The van der Waals surface area contributed by atoms with Gasteiger partial charge in [0.1, 0.15) is 17.5 Å². The van der Waals surface area contributed by atoms with Crippen LogP contribution in [-0.2, 0) is 9.53 Å². The average molecular weight is 279 g/mol. The van der Waals surface area contributed by atoms with Gasteiger partial charge in [0.25, 0.3) is 0 Å². The third-order valence-electron chi connectivity index (χ3n) is 2.80. The van der Waals surface area contributed by atoms with Crippen molar-refractivity contribution >= 4 is 12.2 Å². The van der Waals surface area contributed by atoms with E-state index in [1.165, 1.54) is 19.4 Å². The number of hydrogen-bond acceptors (Lipinski definition) is 5. The van der Waals surface area contributed by atoms with Gasteiger partial charge in [-0.1, -0.05) is 13.8 Å². The zero-order valence-electron chi connectivity index (χ0n) is 12.3. The summed E-state index contributed by atoms with van der Waals surface area (Å²) in [5, 5.41) is 9.76. The van der Waals surface area contributed by atoms with Gasteiger partial charge in [0.05, 0.1) is 14.2 Å². The first-order valence-electron chi connectivity index (χ1n) is 6.46. The summed E-state index contributed by atoms with van der Waals surface area (Å²) >= 11 is 0. The van der Waals surface area contributed by atoms with Crippen molar-refractivity contribution in [3.05, 3.63) is 23.8 Å². The van der Waals surface area contributed by atoms with E-state index in [-0.39, 0.29) is 11.7 Å². The van der Waals surface area contributed by atoms with Crippen LogP contribution in [0.4, 0.5) is 0 Å². The molecule has 1 N–H and O–H groups in total. The first kappa shape index (κ1) is 16.0. The quantitative estimate of drug-likeness (QED) is 0.641. The molecule has 0 bridgehead atoms. The summed E-state index contributed by atoms with van der Waals surface area (Å²) in [5.74, 6) is 0.637. The smallest absolute Gasteiger partial charge is 0.330 e. The first-order valence-corrected chi connectivity index (χ1v) is 6.46. The van der Waals surface area contributed by atoms with Gasteiger partial charge in [-0.2, -0.15) is 0 Å². The standard InChI is InChI=1S/C15H21NO4/c1-10(2)7-13(15(18)20-4)16-9-11-8-12(19-3)5-6-14(11)17/h5-6,8-10,13,17H,7H2,1-4H3/t13-/m0/s1. The Labute approximate surface area is 119 Å². The minimum Gasteiger partial charge on any atom is -0.507 e. The molecule has 20 heavy (non-hydrogen) atoms. The molecule has 0 aromatic heterocycles. The molecule has 0 amide bonds. The monoisotopic (exact) mass is 279 g/mol. The molecular formula is C15H21NO4. The number of aromatic hydroxyl groups is 1. The van der Waals surface area contributed by atoms with E-state index in [1.54, 1.807) is 19.2 Å². The van der Waals surface area contributed by atoms with Gasteiger partial charge >= 0.3 is 5.97 Å². The lowest BCUT2D eigenvalue weighted by Crippen LogP contribution is -2.22. The fraction of sp³-hybridized carbons (Fsp3) is 0.467. The number of carbonyl (C=O) groups is 1. The molecule has 0 saturated heterocycles. The molecule has 0 aliphatic carbocycles. The lowest BCUT2D eigenvalue weighted by Gasteiger charge is -2.12. The Kier molecular flexibility index (Phi) is 6.03. The lowest BCUT2D eigenvalue weighted by molar-refractivity contribution is -0.142. The van der Waals surface area contributed by atoms with E-state index in [0.29, 0.717) is 23.7 Å². The van der Waals surface area contributed by atoms with E-state index in [4.69, 9.17) is 9.47 Å². The molecule has 1 aromatic rings. The first-order chi connectivity index (χ1) is 9.47. The number of phenols is 1. The highest BCUT2D eigenvalue weighted by molar-refractivity contribution is 5.86. The number of ether oxygens (including phenoxy) is 2. The average Bonchev–Trinajstić information content (AvgIpc) is 2.43. The normalized spacial score (nSPS) is 12.7. The number of benzene rings is 1. The van der Waals surface area contributed by atoms with E-state index in [2.05, 4.69) is 4.99 Å². The van der Waals surface area contributed by atoms with Crippen molar-refractivity contribution in [2.45, 2.75) is 26.3 Å². The Balaban J connectivity index is 2.94. The molecule has 110 valence electrons. The predicted molar refractivity (Wildman–Crippen MR) is 77.5 cm³/mol. The van der Waals surface area contributed by atoms with Crippen LogP contribution in [0.15, 0.2) is 23.2 Å². The summed E-state index contributed by atoms with van der Waals surface area (Å²) in [4.78, 5) is 15.9. The van der Waals surface area contributed by atoms with Crippen LogP contribution < -0.4 is 4.74 Å². The molecule has 0 aliphatic rings. The molecule has 5 heteroatoms. The summed E-state index contributed by atoms with van der Waals surface area (Å²) in [6.07, 6.45) is 2.07. The molecule has 0 heterocycles. The second-order valence-electron chi connectivity index (χ2n) is 4.87. The van der Waals surface area contributed by atoms with E-state index in [0.717, 1.165) is 0 Å². The van der Waals surface area contributed by atoms with Crippen LogP contribution in [0.5, 0.6) is 11.5 Å². The summed E-state index contributed by atoms with van der Waals surface area (Å²) in [5.41, 5.74) is 0.502. The molecule has 1 aromatic carbocycles. The summed E-state index contributed by atoms with van der Waals surface area (Å²) in [6, 6.07) is 4.27. The Bertz CT molecular complexity index is 483. The Morgan fingerprint density at radius 2 is 2.10 bits per heavy atom. The highest BCUT2D eigenvalue weighted by atomic mass is 16.5. The van der Waals surface area contributed by atoms with Crippen LogP contribution in [-0.4, -0.2) is 37.6 Å². The molecule has 1 atom stereocenters. The SMILES string of the molecule is COC(=O)[C@H](CC(C)C)N=Cc1cc(OC)ccc1O. The van der Waals surface area contributed by atoms with Crippen molar-refractivity contribution in [2.75, 3.05) is 14.2 Å². The van der Waals surface area contributed by atoms with Gasteiger partial charge in [0.15, 0.2) is 0 Å². The maximum atomic E-state index is 11.7. The minimum absolute atomic E-state index is 0.0858. The van der Waals surface area contributed by atoms with E-state index in [1.807, 2.05) is 13.8 Å². The molecule has 0 saturated carbocycles. The van der Waals surface area contributed by atoms with Crippen molar-refractivity contribution in [1.82, 2.24) is 0 Å². The Morgan fingerprint density at radius 1 is 1.40 bits per heavy atom. The van der Waals surface area contributed by atoms with Crippen LogP contribution in [0, 0.1) is 5.92 Å². The number of esters is 1. The largest absolute Gasteiger partial charge is 0.507 e. The van der Waals surface area contributed by atoms with Crippen molar-refractivity contribution in [2.24, 2.45) is 10.9 Å². The molecule has 0 aliphatic heterocycles. The predicted octanol–water partition coefficient (Wildman–Crippen LogP) is 2.41. The zero-order chi connectivity index (χ0) is 15.1. The molecule has 0 fully saturated rings. The Morgan fingerprint density at radius 3 is 2.65 bits per heavy atom. The number of rotatable bonds is 6. The van der Waals surface area contributed by atoms with Gasteiger partial charge in [-0.15, -0.1) is 0 Å². The lowest BCUT2D eigenvalue weighted by atomic mass is 10.0. The molecule has 0 unspecified atom stereocenters. The number of phenolic OH excluding ortho intramolecular Hbond substituents is 1. The summed E-state index contributed by atoms with van der Waals surface area (Å²) < 4.78 is 9.82. The maximum Gasteiger partial charge on any atom is 0.330 e. The molecule has 0 spiro atoms. The number of hydrogen-bond donors (Lipinski definition) is 1. The summed E-state index contributed by atoms with van der Waals surface area (Å²) in [7, 11) is 2.89. The van der Waals surface area contributed by atoms with Gasteiger partial charge in [-0.3, -0.25) is 4.99 Å². The van der Waals surface area contributed by atoms with Crippen molar-refractivity contribution in [3.8, 4) is 11.5 Å². The molecule has 5 nitrogen and oxygen atoms in total. The number of aliphatic imine (C=N–C) groups is 1. The second kappa shape index (κ2) is 7.53. The van der Waals surface area contributed by atoms with E-state index >= 15 is 0 Å². The third-order valence-corrected chi connectivity index (χ3v) is 2.80. The zero-order valence-corrected chi connectivity index (χ0v) is 12.3. The fourth-order valence-electron chi connectivity index (χ4n) is 1.73. The van der Waals surface area contributed by atoms with Crippen molar-refractivity contribution in [3.63, 3.8) is 0 Å².